The summed E-state index contributed by atoms with van der Waals surface area (Å²) in [6, 6.07) is 6.87. The van der Waals surface area contributed by atoms with Gasteiger partial charge < -0.3 is 9.47 Å². The fourth-order valence-electron chi connectivity index (χ4n) is 1.85. The van der Waals surface area contributed by atoms with E-state index < -0.39 is 11.8 Å². The van der Waals surface area contributed by atoms with Gasteiger partial charge in [-0.05, 0) is 19.1 Å². The molecule has 1 aromatic heterocycles. The van der Waals surface area contributed by atoms with Gasteiger partial charge in [-0.25, -0.2) is 4.98 Å². The first-order valence-electron chi connectivity index (χ1n) is 7.48. The number of aromatic nitrogens is 1. The molecule has 0 unspecified atom stereocenters. The maximum atomic E-state index is 12.1. The summed E-state index contributed by atoms with van der Waals surface area (Å²) < 4.78 is 10.8. The fraction of sp³-hybridized carbons (Fsp3) is 0.188. The molecule has 0 fully saturated rings. The van der Waals surface area contributed by atoms with Crippen LogP contribution in [0.1, 0.15) is 17.4 Å². The minimum absolute atomic E-state index is 0.0784. The number of nitrogens with zero attached hydrogens (tertiary/aromatic N) is 1. The van der Waals surface area contributed by atoms with Crippen LogP contribution in [0.4, 0.5) is 0 Å². The van der Waals surface area contributed by atoms with Gasteiger partial charge in [0.15, 0.2) is 23.8 Å². The number of ether oxygens (including phenoxy) is 2. The van der Waals surface area contributed by atoms with Crippen LogP contribution in [-0.2, 0) is 4.79 Å². The zero-order valence-corrected chi connectivity index (χ0v) is 16.8. The van der Waals surface area contributed by atoms with Crippen molar-refractivity contribution >= 4 is 58.2 Å². The second-order valence-electron chi connectivity index (χ2n) is 4.86. The molecule has 0 bridgehead atoms. The van der Waals surface area contributed by atoms with Gasteiger partial charge in [0.2, 0.25) is 0 Å². The Bertz CT molecular complexity index is 864. The van der Waals surface area contributed by atoms with E-state index in [0.29, 0.717) is 18.1 Å². The van der Waals surface area contributed by atoms with Crippen molar-refractivity contribution in [3.05, 3.63) is 50.2 Å². The van der Waals surface area contributed by atoms with Gasteiger partial charge in [0, 0.05) is 0 Å². The summed E-state index contributed by atoms with van der Waals surface area (Å²) in [6.07, 6.45) is 0. The smallest absolute Gasteiger partial charge is 0.289 e. The predicted octanol–water partition coefficient (Wildman–Crippen LogP) is 3.93. The first kappa shape index (κ1) is 21.4. The Kier molecular flexibility index (Phi) is 7.79. The predicted molar refractivity (Wildman–Crippen MR) is 103 cm³/mol. The number of hydrogen-bond acceptors (Lipinski definition) is 5. The second kappa shape index (κ2) is 9.85. The highest BCUT2D eigenvalue weighted by Gasteiger charge is 2.20. The Morgan fingerprint density at radius 3 is 2.22 bits per heavy atom. The fourth-order valence-corrected chi connectivity index (χ4v) is 2.66. The van der Waals surface area contributed by atoms with Gasteiger partial charge in [-0.1, -0.05) is 58.5 Å². The molecule has 2 N–H and O–H groups in total. The molecule has 2 aromatic rings. The van der Waals surface area contributed by atoms with E-state index in [2.05, 4.69) is 15.8 Å². The Morgan fingerprint density at radius 2 is 1.59 bits per heavy atom. The number of halogens is 4. The van der Waals surface area contributed by atoms with Gasteiger partial charge in [0.25, 0.3) is 11.8 Å². The highest BCUT2D eigenvalue weighted by Crippen LogP contribution is 2.35. The van der Waals surface area contributed by atoms with Gasteiger partial charge in [-0.2, -0.15) is 0 Å². The normalized spacial score (nSPS) is 10.3. The van der Waals surface area contributed by atoms with Crippen molar-refractivity contribution < 1.29 is 19.1 Å². The Labute approximate surface area is 174 Å². The lowest BCUT2D eigenvalue weighted by Gasteiger charge is -2.12. The number of hydrazine groups is 1. The lowest BCUT2D eigenvalue weighted by molar-refractivity contribution is -0.123. The van der Waals surface area contributed by atoms with Crippen LogP contribution in [0.15, 0.2) is 24.3 Å². The topological polar surface area (TPSA) is 89.5 Å². The number of rotatable bonds is 6. The Balaban J connectivity index is 1.94. The van der Waals surface area contributed by atoms with Gasteiger partial charge in [-0.3, -0.25) is 20.4 Å². The number of para-hydroxylation sites is 2. The molecule has 144 valence electrons. The lowest BCUT2D eigenvalue weighted by atomic mass is 10.3. The van der Waals surface area contributed by atoms with Crippen molar-refractivity contribution in [2.75, 3.05) is 13.2 Å². The molecule has 0 radical (unpaired) electrons. The van der Waals surface area contributed by atoms with E-state index in [1.807, 2.05) is 6.92 Å². The van der Waals surface area contributed by atoms with Gasteiger partial charge in [-0.15, -0.1) is 0 Å². The van der Waals surface area contributed by atoms with Crippen LogP contribution in [0.3, 0.4) is 0 Å². The van der Waals surface area contributed by atoms with Crippen molar-refractivity contribution in [1.29, 1.82) is 0 Å². The molecule has 2 amide bonds. The zero-order chi connectivity index (χ0) is 20.0. The van der Waals surface area contributed by atoms with Crippen molar-refractivity contribution in [2.24, 2.45) is 0 Å². The SMILES string of the molecule is CCOc1ccccc1OCC(=O)NNC(=O)c1nc(Cl)c(Cl)c(Cl)c1Cl. The number of hydrogen-bond donors (Lipinski definition) is 2. The summed E-state index contributed by atoms with van der Waals surface area (Å²) in [4.78, 5) is 27.7. The van der Waals surface area contributed by atoms with E-state index >= 15 is 0 Å². The molecule has 1 aromatic carbocycles. The number of benzene rings is 1. The molecule has 0 aliphatic carbocycles. The third-order valence-corrected chi connectivity index (χ3v) is 4.70. The maximum Gasteiger partial charge on any atom is 0.289 e. The molecule has 27 heavy (non-hydrogen) atoms. The summed E-state index contributed by atoms with van der Waals surface area (Å²) in [5.74, 6) is -0.569. The van der Waals surface area contributed by atoms with Crippen molar-refractivity contribution in [3.63, 3.8) is 0 Å². The highest BCUT2D eigenvalue weighted by molar-refractivity contribution is 6.52. The highest BCUT2D eigenvalue weighted by atomic mass is 35.5. The van der Waals surface area contributed by atoms with Gasteiger partial charge in [0.05, 0.1) is 21.7 Å². The maximum absolute atomic E-state index is 12.1. The zero-order valence-electron chi connectivity index (χ0n) is 13.8. The van der Waals surface area contributed by atoms with Gasteiger partial charge >= 0.3 is 0 Å². The molecular formula is C16H13Cl4N3O4. The summed E-state index contributed by atoms with van der Waals surface area (Å²) in [5.41, 5.74) is 4.00. The lowest BCUT2D eigenvalue weighted by Crippen LogP contribution is -2.44. The van der Waals surface area contributed by atoms with Crippen LogP contribution in [0.5, 0.6) is 11.5 Å². The molecular weight excluding hydrogens is 440 g/mol. The van der Waals surface area contributed by atoms with Crippen LogP contribution in [0.2, 0.25) is 20.2 Å². The summed E-state index contributed by atoms with van der Waals surface area (Å²) in [6.45, 7) is 1.91. The quantitative estimate of drug-likeness (QED) is 0.511. The van der Waals surface area contributed by atoms with Crippen LogP contribution in [0, 0.1) is 0 Å². The van der Waals surface area contributed by atoms with E-state index in [9.17, 15) is 9.59 Å². The summed E-state index contributed by atoms with van der Waals surface area (Å²) in [5, 5.41) is -0.589. The average molecular weight is 453 g/mol. The molecule has 0 saturated carbocycles. The number of nitrogens with one attached hydrogen (secondary N) is 2. The molecule has 0 atom stereocenters. The third kappa shape index (κ3) is 5.52. The molecule has 0 aliphatic rings. The van der Waals surface area contributed by atoms with E-state index in [0.717, 1.165) is 0 Å². The van der Waals surface area contributed by atoms with Crippen LogP contribution in [-0.4, -0.2) is 30.0 Å². The molecule has 11 heteroatoms. The second-order valence-corrected chi connectivity index (χ2v) is 6.36. The average Bonchev–Trinajstić information content (AvgIpc) is 2.66. The number of amides is 2. The minimum Gasteiger partial charge on any atom is -0.490 e. The number of pyridine rings is 1. The standard InChI is InChI=1S/C16H13Cl4N3O4/c1-2-26-8-5-3-4-6-9(8)27-7-10(24)22-23-16(25)14-12(18)11(17)13(19)15(20)21-14/h3-6H,2,7H2,1H3,(H,22,24)(H,23,25). The Morgan fingerprint density at radius 1 is 0.963 bits per heavy atom. The van der Waals surface area contributed by atoms with Crippen LogP contribution < -0.4 is 20.3 Å². The molecule has 7 nitrogen and oxygen atoms in total. The number of carbonyl (C=O) groups excluding carboxylic acids is 2. The summed E-state index contributed by atoms with van der Waals surface area (Å²) in [7, 11) is 0. The van der Waals surface area contributed by atoms with Crippen molar-refractivity contribution in [2.45, 2.75) is 6.92 Å². The monoisotopic (exact) mass is 451 g/mol. The minimum atomic E-state index is -0.830. The van der Waals surface area contributed by atoms with Crippen molar-refractivity contribution in [1.82, 2.24) is 15.8 Å². The summed E-state index contributed by atoms with van der Waals surface area (Å²) >= 11 is 23.3. The molecule has 0 aliphatic heterocycles. The largest absolute Gasteiger partial charge is 0.490 e. The molecule has 0 saturated heterocycles. The first-order chi connectivity index (χ1) is 12.8. The van der Waals surface area contributed by atoms with E-state index in [-0.39, 0.29) is 32.5 Å². The van der Waals surface area contributed by atoms with E-state index in [1.54, 1.807) is 24.3 Å². The Hall–Kier alpha value is -1.93. The first-order valence-corrected chi connectivity index (χ1v) is 9.00. The van der Waals surface area contributed by atoms with Crippen LogP contribution >= 0.6 is 46.4 Å². The van der Waals surface area contributed by atoms with E-state index in [1.165, 1.54) is 0 Å². The van der Waals surface area contributed by atoms with Gasteiger partial charge in [0.1, 0.15) is 5.15 Å². The van der Waals surface area contributed by atoms with Crippen molar-refractivity contribution in [3.8, 4) is 11.5 Å². The van der Waals surface area contributed by atoms with E-state index in [4.69, 9.17) is 55.9 Å². The van der Waals surface area contributed by atoms with Crippen LogP contribution in [0.25, 0.3) is 0 Å². The molecule has 2 rings (SSSR count). The molecule has 1 heterocycles. The third-order valence-electron chi connectivity index (χ3n) is 3.02. The number of carbonyl (C=O) groups is 2. The molecule has 0 spiro atoms.